The number of sulfone groups is 1. The molecule has 5 nitrogen and oxygen atoms in total. The van der Waals surface area contributed by atoms with Crippen molar-refractivity contribution in [2.45, 2.75) is 55.0 Å². The second-order valence-electron chi connectivity index (χ2n) is 8.94. The number of halogens is 3. The first kappa shape index (κ1) is 25.2. The third-order valence-electron chi connectivity index (χ3n) is 6.51. The summed E-state index contributed by atoms with van der Waals surface area (Å²) in [5.74, 6) is -0.761. The summed E-state index contributed by atoms with van der Waals surface area (Å²) in [4.78, 5) is 13.8. The van der Waals surface area contributed by atoms with Gasteiger partial charge < -0.3 is 10.0 Å². The monoisotopic (exact) mass is 483 g/mol. The lowest BCUT2D eigenvalue weighted by molar-refractivity contribution is -0.141. The molecule has 33 heavy (non-hydrogen) atoms. The van der Waals surface area contributed by atoms with Crippen molar-refractivity contribution in [1.82, 2.24) is 4.90 Å². The van der Waals surface area contributed by atoms with Gasteiger partial charge in [0.25, 0.3) is 5.91 Å². The minimum Gasteiger partial charge on any atom is -0.383 e. The third-order valence-corrected chi connectivity index (χ3v) is 9.10. The zero-order valence-electron chi connectivity index (χ0n) is 18.5. The SMILES string of the molecule is CC(C)(C1CCN(C(=O)[C@H](O)Cc2ccccc2)CC1)S(=O)(=O)c1cccc(C(F)(F)F)c1. The highest BCUT2D eigenvalue weighted by molar-refractivity contribution is 7.92. The summed E-state index contributed by atoms with van der Waals surface area (Å²) in [7, 11) is -4.07. The van der Waals surface area contributed by atoms with Crippen molar-refractivity contribution in [1.29, 1.82) is 0 Å². The molecule has 1 N–H and O–H groups in total. The molecule has 1 atom stereocenters. The minimum absolute atomic E-state index is 0.190. The van der Waals surface area contributed by atoms with E-state index in [9.17, 15) is 31.5 Å². The Kier molecular flexibility index (Phi) is 7.24. The first-order chi connectivity index (χ1) is 15.3. The molecule has 1 aliphatic heterocycles. The number of likely N-dealkylation sites (tertiary alicyclic amines) is 1. The van der Waals surface area contributed by atoms with Gasteiger partial charge in [0.1, 0.15) is 6.10 Å². The molecule has 1 heterocycles. The number of carbonyl (C=O) groups excluding carboxylic acids is 1. The quantitative estimate of drug-likeness (QED) is 0.672. The molecule has 0 saturated carbocycles. The van der Waals surface area contributed by atoms with Crippen LogP contribution in [0.3, 0.4) is 0 Å². The summed E-state index contributed by atoms with van der Waals surface area (Å²) in [5, 5.41) is 10.3. The predicted octanol–water partition coefficient (Wildman–Crippen LogP) is 4.10. The highest BCUT2D eigenvalue weighted by Crippen LogP contribution is 2.39. The molecule has 0 unspecified atom stereocenters. The van der Waals surface area contributed by atoms with Crippen molar-refractivity contribution >= 4 is 15.7 Å². The van der Waals surface area contributed by atoms with Crippen LogP contribution in [-0.4, -0.2) is 48.3 Å². The van der Waals surface area contributed by atoms with Crippen LogP contribution in [0.5, 0.6) is 0 Å². The molecule has 1 aliphatic rings. The molecular weight excluding hydrogens is 455 g/mol. The van der Waals surface area contributed by atoms with Gasteiger partial charge in [-0.15, -0.1) is 0 Å². The van der Waals surface area contributed by atoms with Crippen LogP contribution in [0.1, 0.15) is 37.8 Å². The van der Waals surface area contributed by atoms with Crippen LogP contribution < -0.4 is 0 Å². The Hall–Kier alpha value is -2.39. The number of carbonyl (C=O) groups is 1. The molecule has 1 amide bonds. The Morgan fingerprint density at radius 3 is 2.24 bits per heavy atom. The molecule has 0 bridgehead atoms. The number of rotatable bonds is 6. The van der Waals surface area contributed by atoms with Gasteiger partial charge in [0.15, 0.2) is 9.84 Å². The van der Waals surface area contributed by atoms with Crippen LogP contribution in [0.4, 0.5) is 13.2 Å². The molecular formula is C24H28F3NO4S. The van der Waals surface area contributed by atoms with Gasteiger partial charge in [0.2, 0.25) is 0 Å². The van der Waals surface area contributed by atoms with E-state index in [4.69, 9.17) is 0 Å². The lowest BCUT2D eigenvalue weighted by Gasteiger charge is -2.40. The third kappa shape index (κ3) is 5.41. The standard InChI is InChI=1S/C24H28F3NO4S/c1-23(2,33(31,32)20-10-6-9-19(16-20)24(25,26)27)18-11-13-28(14-12-18)22(30)21(29)15-17-7-4-3-5-8-17/h3-10,16,18,21,29H,11-15H2,1-2H3/t21-/m1/s1. The minimum atomic E-state index is -4.64. The van der Waals surface area contributed by atoms with Crippen molar-refractivity contribution in [2.75, 3.05) is 13.1 Å². The van der Waals surface area contributed by atoms with Gasteiger partial charge in [-0.25, -0.2) is 8.42 Å². The van der Waals surface area contributed by atoms with Gasteiger partial charge in [-0.2, -0.15) is 13.2 Å². The Morgan fingerprint density at radius 2 is 1.67 bits per heavy atom. The van der Waals surface area contributed by atoms with Crippen LogP contribution in [0.25, 0.3) is 0 Å². The molecule has 0 aromatic heterocycles. The molecule has 1 saturated heterocycles. The molecule has 2 aromatic rings. The number of benzene rings is 2. The largest absolute Gasteiger partial charge is 0.416 e. The highest BCUT2D eigenvalue weighted by Gasteiger charge is 2.45. The average Bonchev–Trinajstić information content (AvgIpc) is 2.78. The number of piperidine rings is 1. The van der Waals surface area contributed by atoms with E-state index in [2.05, 4.69) is 0 Å². The van der Waals surface area contributed by atoms with Gasteiger partial charge in [0.05, 0.1) is 15.2 Å². The van der Waals surface area contributed by atoms with E-state index in [0.717, 1.165) is 17.7 Å². The van der Waals surface area contributed by atoms with Gasteiger partial charge in [-0.05, 0) is 56.4 Å². The molecule has 2 aromatic carbocycles. The smallest absolute Gasteiger partial charge is 0.383 e. The van der Waals surface area contributed by atoms with E-state index in [1.807, 2.05) is 30.3 Å². The summed E-state index contributed by atoms with van der Waals surface area (Å²) in [6, 6.07) is 12.9. The second-order valence-corrected chi connectivity index (χ2v) is 11.5. The van der Waals surface area contributed by atoms with Crippen LogP contribution in [0.2, 0.25) is 0 Å². The summed E-state index contributed by atoms with van der Waals surface area (Å²) >= 11 is 0. The van der Waals surface area contributed by atoms with Crippen molar-refractivity contribution in [3.63, 3.8) is 0 Å². The Morgan fingerprint density at radius 1 is 1.06 bits per heavy atom. The molecule has 0 aliphatic carbocycles. The first-order valence-electron chi connectivity index (χ1n) is 10.8. The Bertz CT molecular complexity index is 1080. The van der Waals surface area contributed by atoms with Crippen LogP contribution >= 0.6 is 0 Å². The molecule has 3 rings (SSSR count). The number of aliphatic hydroxyl groups excluding tert-OH is 1. The molecule has 0 spiro atoms. The van der Waals surface area contributed by atoms with Gasteiger partial charge in [-0.1, -0.05) is 36.4 Å². The summed E-state index contributed by atoms with van der Waals surface area (Å²) in [5.41, 5.74) is -0.172. The lowest BCUT2D eigenvalue weighted by atomic mass is 9.85. The summed E-state index contributed by atoms with van der Waals surface area (Å²) in [6.45, 7) is 3.60. The first-order valence-corrected chi connectivity index (χ1v) is 12.2. The number of amides is 1. The van der Waals surface area contributed by atoms with E-state index in [0.29, 0.717) is 18.9 Å². The number of alkyl halides is 3. The summed E-state index contributed by atoms with van der Waals surface area (Å²) in [6.07, 6.45) is -4.90. The van der Waals surface area contributed by atoms with Crippen molar-refractivity contribution in [2.24, 2.45) is 5.92 Å². The molecule has 1 fully saturated rings. The Labute approximate surface area is 192 Å². The van der Waals surface area contributed by atoms with E-state index in [1.165, 1.54) is 24.8 Å². The normalized spacial score (nSPS) is 17.1. The zero-order valence-corrected chi connectivity index (χ0v) is 19.4. The van der Waals surface area contributed by atoms with E-state index >= 15 is 0 Å². The maximum atomic E-state index is 13.3. The van der Waals surface area contributed by atoms with Gasteiger partial charge >= 0.3 is 6.18 Å². The predicted molar refractivity (Wildman–Crippen MR) is 118 cm³/mol. The number of aliphatic hydroxyl groups is 1. The lowest BCUT2D eigenvalue weighted by Crippen LogP contribution is -2.50. The number of nitrogens with zero attached hydrogens (tertiary/aromatic N) is 1. The van der Waals surface area contributed by atoms with Crippen molar-refractivity contribution < 1.29 is 31.5 Å². The fraction of sp³-hybridized carbons (Fsp3) is 0.458. The number of hydrogen-bond donors (Lipinski definition) is 1. The topological polar surface area (TPSA) is 74.7 Å². The van der Waals surface area contributed by atoms with Crippen LogP contribution in [0, 0.1) is 5.92 Å². The second kappa shape index (κ2) is 9.46. The number of hydrogen-bond acceptors (Lipinski definition) is 4. The molecule has 0 radical (unpaired) electrons. The summed E-state index contributed by atoms with van der Waals surface area (Å²) < 4.78 is 64.4. The fourth-order valence-electron chi connectivity index (χ4n) is 4.29. The van der Waals surface area contributed by atoms with Gasteiger partial charge in [0, 0.05) is 19.5 Å². The van der Waals surface area contributed by atoms with Crippen molar-refractivity contribution in [3.8, 4) is 0 Å². The van der Waals surface area contributed by atoms with E-state index in [1.54, 1.807) is 0 Å². The zero-order chi connectivity index (χ0) is 24.4. The molecule has 180 valence electrons. The Balaban J connectivity index is 1.68. The average molecular weight is 484 g/mol. The highest BCUT2D eigenvalue weighted by atomic mass is 32.2. The van der Waals surface area contributed by atoms with Crippen LogP contribution in [0.15, 0.2) is 59.5 Å². The van der Waals surface area contributed by atoms with E-state index in [-0.39, 0.29) is 30.3 Å². The van der Waals surface area contributed by atoms with E-state index < -0.39 is 38.3 Å². The fourth-order valence-corrected chi connectivity index (χ4v) is 6.12. The van der Waals surface area contributed by atoms with Crippen molar-refractivity contribution in [3.05, 3.63) is 65.7 Å². The maximum absolute atomic E-state index is 13.3. The molecule has 9 heteroatoms. The maximum Gasteiger partial charge on any atom is 0.416 e. The van der Waals surface area contributed by atoms with Crippen LogP contribution in [-0.2, 0) is 27.2 Å². The van der Waals surface area contributed by atoms with Gasteiger partial charge in [-0.3, -0.25) is 4.79 Å².